The van der Waals surface area contributed by atoms with Crippen molar-refractivity contribution in [2.75, 3.05) is 0 Å². The predicted octanol–water partition coefficient (Wildman–Crippen LogP) is 4.58. The van der Waals surface area contributed by atoms with E-state index >= 15 is 0 Å². The Kier molecular flexibility index (Phi) is 4.94. The molecule has 2 fully saturated rings. The molecule has 19 heavy (non-hydrogen) atoms. The fraction of sp³-hybridized carbons (Fsp3) is 1.00. The van der Waals surface area contributed by atoms with Gasteiger partial charge in [-0.2, -0.15) is 0 Å². The minimum atomic E-state index is -0.553. The summed E-state index contributed by atoms with van der Waals surface area (Å²) < 4.78 is -1.11. The van der Waals surface area contributed by atoms with Gasteiger partial charge in [0.25, 0.3) is 0 Å². The maximum absolute atomic E-state index is 6.88. The first-order chi connectivity index (χ1) is 8.62. The fourth-order valence-electron chi connectivity index (χ4n) is 3.35. The summed E-state index contributed by atoms with van der Waals surface area (Å²) in [6.07, 6.45) is 8.56. The summed E-state index contributed by atoms with van der Waals surface area (Å²) in [6, 6.07) is 0. The smallest absolute Gasteiger partial charge is 0.0911 e. The average Bonchev–Trinajstić information content (AvgIpc) is 2.27. The molecular formula is C13H22Br2Cl2N2. The molecule has 4 unspecified atom stereocenters. The fourth-order valence-corrected chi connectivity index (χ4v) is 5.57. The van der Waals surface area contributed by atoms with Gasteiger partial charge in [0, 0.05) is 0 Å². The second kappa shape index (κ2) is 5.58. The Balaban J connectivity index is 2.22. The van der Waals surface area contributed by atoms with Crippen molar-refractivity contribution in [1.82, 2.24) is 0 Å². The molecule has 0 aromatic heterocycles. The quantitative estimate of drug-likeness (QED) is 0.491. The first-order valence-electron chi connectivity index (χ1n) is 6.95. The Labute approximate surface area is 142 Å². The first kappa shape index (κ1) is 16.8. The van der Waals surface area contributed by atoms with Crippen LogP contribution in [0, 0.1) is 0 Å². The Hall–Kier alpha value is 1.46. The first-order valence-corrected chi connectivity index (χ1v) is 9.30. The van der Waals surface area contributed by atoms with Crippen LogP contribution in [0.4, 0.5) is 0 Å². The van der Waals surface area contributed by atoms with Gasteiger partial charge in [0.15, 0.2) is 0 Å². The lowest BCUT2D eigenvalue weighted by Crippen LogP contribution is -2.63. The molecule has 4 N–H and O–H groups in total. The summed E-state index contributed by atoms with van der Waals surface area (Å²) in [4.78, 5) is -1.05. The van der Waals surface area contributed by atoms with Crippen molar-refractivity contribution < 1.29 is 0 Å². The van der Waals surface area contributed by atoms with Crippen molar-refractivity contribution in [1.29, 1.82) is 0 Å². The molecule has 2 saturated carbocycles. The lowest BCUT2D eigenvalue weighted by atomic mass is 9.72. The van der Waals surface area contributed by atoms with E-state index in [0.717, 1.165) is 51.4 Å². The van der Waals surface area contributed by atoms with Crippen LogP contribution in [-0.2, 0) is 0 Å². The zero-order chi connectivity index (χ0) is 14.4. The molecule has 6 heteroatoms. The largest absolute Gasteiger partial charge is 0.315 e. The zero-order valence-electron chi connectivity index (χ0n) is 11.0. The number of nitrogens with two attached hydrogens (primary N) is 2. The van der Waals surface area contributed by atoms with Crippen LogP contribution >= 0.6 is 55.1 Å². The molecule has 0 heterocycles. The highest BCUT2D eigenvalue weighted by Crippen LogP contribution is 2.55. The average molecular weight is 437 g/mol. The summed E-state index contributed by atoms with van der Waals surface area (Å²) in [7, 11) is 0. The lowest BCUT2D eigenvalue weighted by Gasteiger charge is -2.52. The van der Waals surface area contributed by atoms with Gasteiger partial charge in [-0.25, -0.2) is 0 Å². The van der Waals surface area contributed by atoms with Crippen molar-refractivity contribution in [2.24, 2.45) is 11.5 Å². The van der Waals surface area contributed by atoms with Gasteiger partial charge < -0.3 is 11.5 Å². The van der Waals surface area contributed by atoms with E-state index in [1.54, 1.807) is 0 Å². The highest BCUT2D eigenvalue weighted by molar-refractivity contribution is 9.10. The number of hydrogen-bond acceptors (Lipinski definition) is 2. The van der Waals surface area contributed by atoms with Crippen LogP contribution in [0.3, 0.4) is 0 Å². The van der Waals surface area contributed by atoms with Crippen LogP contribution in [0.15, 0.2) is 0 Å². The van der Waals surface area contributed by atoms with E-state index in [-0.39, 0.29) is 0 Å². The third kappa shape index (κ3) is 3.14. The number of halogens is 4. The molecule has 0 aromatic rings. The molecular weight excluding hydrogens is 415 g/mol. The Morgan fingerprint density at radius 3 is 1.37 bits per heavy atom. The molecule has 2 aliphatic carbocycles. The van der Waals surface area contributed by atoms with Gasteiger partial charge in [-0.05, 0) is 32.1 Å². The van der Waals surface area contributed by atoms with Crippen LogP contribution in [0.5, 0.6) is 0 Å². The van der Waals surface area contributed by atoms with Gasteiger partial charge in [0.05, 0.1) is 18.6 Å². The maximum atomic E-state index is 6.88. The second-order valence-corrected chi connectivity index (χ2v) is 10.5. The van der Waals surface area contributed by atoms with Crippen LogP contribution < -0.4 is 11.5 Å². The van der Waals surface area contributed by atoms with Crippen LogP contribution in [0.2, 0.25) is 0 Å². The van der Waals surface area contributed by atoms with E-state index in [1.807, 2.05) is 0 Å². The highest BCUT2D eigenvalue weighted by Gasteiger charge is 2.57. The van der Waals surface area contributed by atoms with Gasteiger partial charge in [0.1, 0.15) is 0 Å². The summed E-state index contributed by atoms with van der Waals surface area (Å²) in [5.41, 5.74) is 12.8. The molecule has 0 amide bonds. The van der Waals surface area contributed by atoms with Crippen molar-refractivity contribution in [3.63, 3.8) is 0 Å². The summed E-state index contributed by atoms with van der Waals surface area (Å²) >= 11 is 21.0. The molecule has 0 aliphatic heterocycles. The van der Waals surface area contributed by atoms with Crippen molar-refractivity contribution in [3.05, 3.63) is 0 Å². The van der Waals surface area contributed by atoms with E-state index in [0.29, 0.717) is 6.42 Å². The van der Waals surface area contributed by atoms with E-state index in [1.165, 1.54) is 0 Å². The third-order valence-electron chi connectivity index (χ3n) is 4.78. The third-order valence-corrected chi connectivity index (χ3v) is 8.86. The molecule has 2 nitrogen and oxygen atoms in total. The predicted molar refractivity (Wildman–Crippen MR) is 90.4 cm³/mol. The van der Waals surface area contributed by atoms with Gasteiger partial charge in [-0.3, -0.25) is 0 Å². The molecule has 112 valence electrons. The van der Waals surface area contributed by atoms with Crippen LogP contribution in [0.25, 0.3) is 0 Å². The second-order valence-electron chi connectivity index (χ2n) is 6.25. The molecule has 0 radical (unpaired) electrons. The Morgan fingerprint density at radius 2 is 1.05 bits per heavy atom. The Morgan fingerprint density at radius 1 is 0.737 bits per heavy atom. The molecule has 0 bridgehead atoms. The Bertz CT molecular complexity index is 320. The minimum absolute atomic E-state index is 0.525. The molecule has 4 atom stereocenters. The summed E-state index contributed by atoms with van der Waals surface area (Å²) in [5, 5.41) is 0. The van der Waals surface area contributed by atoms with Crippen molar-refractivity contribution in [3.8, 4) is 0 Å². The monoisotopic (exact) mass is 434 g/mol. The SMILES string of the molecule is NC1(Br)CCCCC1(Cl)CC1(Cl)CCCCC1(N)Br. The number of rotatable bonds is 2. The normalized spacial score (nSPS) is 52.1. The van der Waals surface area contributed by atoms with Gasteiger partial charge in [-0.1, -0.05) is 57.5 Å². The zero-order valence-corrected chi connectivity index (χ0v) is 15.7. The maximum Gasteiger partial charge on any atom is 0.0911 e. The molecule has 0 aromatic carbocycles. The van der Waals surface area contributed by atoms with E-state index < -0.39 is 18.6 Å². The van der Waals surface area contributed by atoms with E-state index in [9.17, 15) is 0 Å². The summed E-state index contributed by atoms with van der Waals surface area (Å²) in [6.45, 7) is 0. The van der Waals surface area contributed by atoms with Crippen molar-refractivity contribution in [2.45, 2.75) is 76.4 Å². The number of hydrogen-bond donors (Lipinski definition) is 2. The van der Waals surface area contributed by atoms with E-state index in [4.69, 9.17) is 34.7 Å². The molecule has 0 saturated heterocycles. The highest BCUT2D eigenvalue weighted by atomic mass is 79.9. The summed E-state index contributed by atoms with van der Waals surface area (Å²) in [5.74, 6) is 0. The molecule has 0 spiro atoms. The van der Waals surface area contributed by atoms with E-state index in [2.05, 4.69) is 31.9 Å². The van der Waals surface area contributed by atoms with Gasteiger partial charge >= 0.3 is 0 Å². The van der Waals surface area contributed by atoms with Gasteiger partial charge in [-0.15, -0.1) is 23.2 Å². The van der Waals surface area contributed by atoms with Crippen LogP contribution in [-0.4, -0.2) is 18.6 Å². The van der Waals surface area contributed by atoms with Crippen molar-refractivity contribution >= 4 is 55.1 Å². The van der Waals surface area contributed by atoms with Crippen LogP contribution in [0.1, 0.15) is 57.8 Å². The minimum Gasteiger partial charge on any atom is -0.315 e. The molecule has 2 aliphatic rings. The topological polar surface area (TPSA) is 52.0 Å². The molecule has 2 rings (SSSR count). The standard InChI is InChI=1S/C13H22Br2Cl2N2/c14-12(18)7-3-1-5-10(12,16)9-11(17)6-2-4-8-13(11,15)19/h1-9,18-19H2. The van der Waals surface area contributed by atoms with Gasteiger partial charge in [0.2, 0.25) is 0 Å². The number of alkyl halides is 4. The lowest BCUT2D eigenvalue weighted by molar-refractivity contribution is 0.218.